The van der Waals surface area contributed by atoms with Crippen molar-refractivity contribution >= 4 is 28.9 Å². The molecule has 1 unspecified atom stereocenters. The number of ether oxygens (including phenoxy) is 3. The molecular formula is C35H42N6O5. The van der Waals surface area contributed by atoms with Gasteiger partial charge in [0.1, 0.15) is 34.1 Å². The van der Waals surface area contributed by atoms with E-state index in [2.05, 4.69) is 21.1 Å². The van der Waals surface area contributed by atoms with E-state index in [9.17, 15) is 9.59 Å². The first kappa shape index (κ1) is 32.3. The summed E-state index contributed by atoms with van der Waals surface area (Å²) >= 11 is 0. The molecule has 11 nitrogen and oxygen atoms in total. The summed E-state index contributed by atoms with van der Waals surface area (Å²) in [6.45, 7) is 6.03. The van der Waals surface area contributed by atoms with E-state index >= 15 is 0 Å². The van der Waals surface area contributed by atoms with Crippen LogP contribution in [-0.4, -0.2) is 52.2 Å². The highest BCUT2D eigenvalue weighted by Crippen LogP contribution is 2.35. The number of alkyl carbamates (subject to hydrolysis) is 1. The fraction of sp³-hybridized carbons (Fsp3) is 0.371. The third kappa shape index (κ3) is 7.59. The Bertz CT molecular complexity index is 1740. The molecular weight excluding hydrogens is 584 g/mol. The first-order chi connectivity index (χ1) is 22.1. The summed E-state index contributed by atoms with van der Waals surface area (Å²) in [6, 6.07) is 12.8. The Balaban J connectivity index is 1.50. The number of imidazole rings is 1. The number of nitrogens with one attached hydrogen (secondary N) is 2. The van der Waals surface area contributed by atoms with E-state index in [0.717, 1.165) is 59.4 Å². The Morgan fingerprint density at radius 3 is 2.54 bits per heavy atom. The fourth-order valence-corrected chi connectivity index (χ4v) is 5.60. The number of allylic oxidation sites excluding steroid dienone is 2. The van der Waals surface area contributed by atoms with Crippen LogP contribution in [0.15, 0.2) is 60.9 Å². The van der Waals surface area contributed by atoms with Crippen molar-refractivity contribution in [1.82, 2.24) is 19.7 Å². The molecule has 1 atom stereocenters. The van der Waals surface area contributed by atoms with Gasteiger partial charge >= 0.3 is 6.09 Å². The van der Waals surface area contributed by atoms with Gasteiger partial charge in [-0.3, -0.25) is 9.20 Å². The Kier molecular flexibility index (Phi) is 9.79. The maximum absolute atomic E-state index is 12.5. The summed E-state index contributed by atoms with van der Waals surface area (Å²) in [5.41, 5.74) is 9.73. The van der Waals surface area contributed by atoms with Gasteiger partial charge in [0.2, 0.25) is 5.91 Å². The normalized spacial score (nSPS) is 16.5. The molecule has 0 bridgehead atoms. The average Bonchev–Trinajstić information content (AvgIpc) is 3.40. The fourth-order valence-electron chi connectivity index (χ4n) is 5.60. The molecule has 2 amide bonds. The third-order valence-corrected chi connectivity index (χ3v) is 7.86. The lowest BCUT2D eigenvalue weighted by molar-refractivity contribution is 0.0498. The van der Waals surface area contributed by atoms with E-state index < -0.39 is 17.6 Å². The highest BCUT2D eigenvalue weighted by atomic mass is 16.6. The van der Waals surface area contributed by atoms with Crippen molar-refractivity contribution in [2.75, 3.05) is 19.5 Å². The Morgan fingerprint density at radius 2 is 1.85 bits per heavy atom. The number of carbonyl (C=O) groups excluding carboxylic acids is 2. The molecule has 1 aliphatic carbocycles. The number of amides is 2. The lowest BCUT2D eigenvalue weighted by Crippen LogP contribution is -2.39. The van der Waals surface area contributed by atoms with Crippen molar-refractivity contribution in [3.63, 3.8) is 0 Å². The molecule has 0 fully saturated rings. The van der Waals surface area contributed by atoms with Crippen LogP contribution in [0.1, 0.15) is 74.6 Å². The largest absolute Gasteiger partial charge is 0.497 e. The van der Waals surface area contributed by atoms with Crippen LogP contribution in [0.2, 0.25) is 0 Å². The maximum atomic E-state index is 12.5. The van der Waals surface area contributed by atoms with Crippen LogP contribution in [0.3, 0.4) is 0 Å². The number of aromatic nitrogens is 3. The molecule has 242 valence electrons. The molecule has 11 heteroatoms. The van der Waals surface area contributed by atoms with Gasteiger partial charge in [-0.05, 0) is 82.7 Å². The summed E-state index contributed by atoms with van der Waals surface area (Å²) in [5.74, 6) is 2.36. The van der Waals surface area contributed by atoms with Crippen LogP contribution < -0.4 is 25.8 Å². The van der Waals surface area contributed by atoms with Crippen LogP contribution in [0, 0.1) is 0 Å². The Morgan fingerprint density at radius 1 is 1.07 bits per heavy atom. The predicted octanol–water partition coefficient (Wildman–Crippen LogP) is 6.37. The van der Waals surface area contributed by atoms with E-state index in [1.807, 2.05) is 57.3 Å². The summed E-state index contributed by atoms with van der Waals surface area (Å²) in [4.78, 5) is 34.2. The topological polar surface area (TPSA) is 142 Å². The molecule has 0 spiro atoms. The van der Waals surface area contributed by atoms with Gasteiger partial charge in [-0.2, -0.15) is 0 Å². The number of primary amides is 1. The van der Waals surface area contributed by atoms with E-state index in [0.29, 0.717) is 35.8 Å². The predicted molar refractivity (Wildman–Crippen MR) is 178 cm³/mol. The zero-order chi connectivity index (χ0) is 32.8. The van der Waals surface area contributed by atoms with E-state index in [4.69, 9.17) is 29.9 Å². The second kappa shape index (κ2) is 13.9. The summed E-state index contributed by atoms with van der Waals surface area (Å²) in [5, 5.41) is 6.56. The molecule has 1 aliphatic rings. The molecule has 0 saturated carbocycles. The first-order valence-electron chi connectivity index (χ1n) is 15.5. The van der Waals surface area contributed by atoms with Crippen LogP contribution in [0.5, 0.6) is 11.5 Å². The number of hydrogen-bond donors (Lipinski definition) is 3. The maximum Gasteiger partial charge on any atom is 0.407 e. The number of carbonyl (C=O) groups is 2. The van der Waals surface area contributed by atoms with E-state index in [1.54, 1.807) is 32.5 Å². The number of benzene rings is 2. The number of methoxy groups -OCH3 is 2. The molecule has 5 rings (SSSR count). The van der Waals surface area contributed by atoms with Gasteiger partial charge in [-0.25, -0.2) is 14.8 Å². The van der Waals surface area contributed by atoms with E-state index in [1.165, 1.54) is 0 Å². The van der Waals surface area contributed by atoms with Gasteiger partial charge < -0.3 is 30.6 Å². The minimum Gasteiger partial charge on any atom is -0.497 e. The quantitative estimate of drug-likeness (QED) is 0.195. The standard InChI is InChI=1S/C35H42N6O5/c1-35(2,3)46-34(43)39-26-9-7-6-8-24(14-16-26)33-40-29(22-10-12-23(13-11-22)31(36)42)30-32(37-18-19-41(30)33)38-21-25-15-17-27(44-4)20-28(25)45-5/h8,10-13,15,17-20,26H,6-7,9,14,16,21H2,1-5H3,(H2,36,42)(H,37,38)(H,39,43)/b24-8+. The molecule has 0 saturated heterocycles. The Labute approximate surface area is 269 Å². The van der Waals surface area contributed by atoms with Crippen molar-refractivity contribution in [2.24, 2.45) is 5.73 Å². The molecule has 4 N–H and O–H groups in total. The number of fused-ring (bicyclic) bond motifs is 1. The average molecular weight is 627 g/mol. The molecule has 2 aromatic carbocycles. The van der Waals surface area contributed by atoms with Crippen molar-refractivity contribution in [3.8, 4) is 22.8 Å². The molecule has 4 aromatic rings. The molecule has 46 heavy (non-hydrogen) atoms. The monoisotopic (exact) mass is 626 g/mol. The number of hydrogen-bond acceptors (Lipinski definition) is 8. The van der Waals surface area contributed by atoms with Crippen LogP contribution in [0.25, 0.3) is 22.3 Å². The number of rotatable bonds is 9. The van der Waals surface area contributed by atoms with Crippen LogP contribution >= 0.6 is 0 Å². The molecule has 2 aromatic heterocycles. The highest BCUT2D eigenvalue weighted by molar-refractivity contribution is 5.94. The number of nitrogens with two attached hydrogens (primary N) is 1. The minimum absolute atomic E-state index is 0.0102. The number of nitrogens with zero attached hydrogens (tertiary/aromatic N) is 3. The smallest absolute Gasteiger partial charge is 0.407 e. The van der Waals surface area contributed by atoms with Gasteiger partial charge in [0.15, 0.2) is 5.82 Å². The van der Waals surface area contributed by atoms with Crippen LogP contribution in [-0.2, 0) is 11.3 Å². The zero-order valence-electron chi connectivity index (χ0n) is 27.1. The first-order valence-corrected chi connectivity index (χ1v) is 15.5. The summed E-state index contributed by atoms with van der Waals surface area (Å²) < 4.78 is 18.5. The summed E-state index contributed by atoms with van der Waals surface area (Å²) in [7, 11) is 3.25. The highest BCUT2D eigenvalue weighted by Gasteiger charge is 2.24. The zero-order valence-corrected chi connectivity index (χ0v) is 27.1. The van der Waals surface area contributed by atoms with Crippen molar-refractivity contribution in [3.05, 3.63) is 77.9 Å². The van der Waals surface area contributed by atoms with Gasteiger partial charge in [0, 0.05) is 47.7 Å². The second-order valence-corrected chi connectivity index (χ2v) is 12.3. The van der Waals surface area contributed by atoms with Gasteiger partial charge in [-0.1, -0.05) is 18.2 Å². The second-order valence-electron chi connectivity index (χ2n) is 12.3. The van der Waals surface area contributed by atoms with E-state index in [-0.39, 0.29) is 6.04 Å². The van der Waals surface area contributed by atoms with Gasteiger partial charge in [0.25, 0.3) is 0 Å². The molecule has 0 radical (unpaired) electrons. The van der Waals surface area contributed by atoms with Gasteiger partial charge in [-0.15, -0.1) is 0 Å². The van der Waals surface area contributed by atoms with Crippen molar-refractivity contribution < 1.29 is 23.8 Å². The van der Waals surface area contributed by atoms with Crippen LogP contribution in [0.4, 0.5) is 10.6 Å². The molecule has 0 aliphatic heterocycles. The van der Waals surface area contributed by atoms with Crippen molar-refractivity contribution in [2.45, 2.75) is 71.1 Å². The number of anilines is 1. The summed E-state index contributed by atoms with van der Waals surface area (Å²) in [6.07, 6.45) is 9.62. The lowest BCUT2D eigenvalue weighted by Gasteiger charge is -2.25. The lowest BCUT2D eigenvalue weighted by atomic mass is 9.96. The Hall–Kier alpha value is -5.06. The molecule has 2 heterocycles. The SMILES string of the molecule is COc1ccc(CNc2nccn3c(/C4=C/CCCC(NC(=O)OC(C)(C)C)CC4)nc(-c4ccc(C(N)=O)cc4)c23)c(OC)c1. The van der Waals surface area contributed by atoms with Crippen molar-refractivity contribution in [1.29, 1.82) is 0 Å². The third-order valence-electron chi connectivity index (χ3n) is 7.86. The van der Waals surface area contributed by atoms with Gasteiger partial charge in [0.05, 0.1) is 14.2 Å². The minimum atomic E-state index is -0.560.